The van der Waals surface area contributed by atoms with Gasteiger partial charge in [-0.3, -0.25) is 4.79 Å². The summed E-state index contributed by atoms with van der Waals surface area (Å²) >= 11 is 0. The molecular weight excluding hydrogens is 338 g/mol. The summed E-state index contributed by atoms with van der Waals surface area (Å²) in [5.74, 6) is 1.51. The third kappa shape index (κ3) is 6.24. The van der Waals surface area contributed by atoms with E-state index in [0.717, 1.165) is 73.1 Å². The van der Waals surface area contributed by atoms with Crippen molar-refractivity contribution in [1.29, 1.82) is 5.41 Å². The van der Waals surface area contributed by atoms with Gasteiger partial charge < -0.3 is 14.9 Å². The normalized spacial score (nSPS) is 10.4. The van der Waals surface area contributed by atoms with Crippen molar-refractivity contribution in [2.24, 2.45) is 0 Å². The molecule has 0 bridgehead atoms. The predicted molar refractivity (Wildman–Crippen MR) is 110 cm³/mol. The average molecular weight is 367 g/mol. The van der Waals surface area contributed by atoms with Crippen LogP contribution < -0.4 is 9.47 Å². The van der Waals surface area contributed by atoms with Gasteiger partial charge in [-0.15, -0.1) is 0 Å². The van der Waals surface area contributed by atoms with Gasteiger partial charge >= 0.3 is 0 Å². The van der Waals surface area contributed by atoms with Crippen LogP contribution in [0.25, 0.3) is 11.1 Å². The van der Waals surface area contributed by atoms with Crippen LogP contribution in [0.2, 0.25) is 0 Å². The van der Waals surface area contributed by atoms with Crippen LogP contribution in [-0.2, 0) is 0 Å². The summed E-state index contributed by atoms with van der Waals surface area (Å²) in [4.78, 5) is 11.5. The van der Waals surface area contributed by atoms with Gasteiger partial charge in [0.25, 0.3) is 0 Å². The van der Waals surface area contributed by atoms with E-state index in [9.17, 15) is 4.79 Å². The van der Waals surface area contributed by atoms with Crippen LogP contribution in [0.1, 0.15) is 55.8 Å². The zero-order chi connectivity index (χ0) is 19.5. The lowest BCUT2D eigenvalue weighted by atomic mass is 9.99. The molecule has 144 valence electrons. The highest BCUT2D eigenvalue weighted by atomic mass is 16.5. The average Bonchev–Trinajstić information content (AvgIpc) is 2.72. The van der Waals surface area contributed by atoms with E-state index in [-0.39, 0.29) is 0 Å². The van der Waals surface area contributed by atoms with Crippen molar-refractivity contribution in [3.8, 4) is 22.6 Å². The number of hydrogen-bond acceptors (Lipinski definition) is 4. The number of benzene rings is 2. The molecule has 2 rings (SSSR count). The van der Waals surface area contributed by atoms with Crippen molar-refractivity contribution in [2.75, 3.05) is 13.7 Å². The zero-order valence-corrected chi connectivity index (χ0v) is 16.3. The van der Waals surface area contributed by atoms with Gasteiger partial charge in [0.15, 0.2) is 6.29 Å². The number of unbranched alkanes of at least 4 members (excludes halogenated alkanes) is 3. The van der Waals surface area contributed by atoms with Gasteiger partial charge in [-0.1, -0.05) is 44.0 Å². The van der Waals surface area contributed by atoms with Gasteiger partial charge in [0.1, 0.15) is 11.5 Å². The van der Waals surface area contributed by atoms with Crippen molar-refractivity contribution in [3.63, 3.8) is 0 Å². The van der Waals surface area contributed by atoms with Gasteiger partial charge in [0.05, 0.1) is 13.7 Å². The molecule has 0 saturated heterocycles. The molecule has 4 heteroatoms. The summed E-state index contributed by atoms with van der Waals surface area (Å²) in [7, 11) is 1.63. The first-order valence-electron chi connectivity index (χ1n) is 9.61. The first kappa shape index (κ1) is 20.7. The number of ether oxygens (including phenoxy) is 2. The maximum Gasteiger partial charge on any atom is 0.150 e. The molecule has 0 amide bonds. The highest BCUT2D eigenvalue weighted by molar-refractivity contribution is 5.90. The quantitative estimate of drug-likeness (QED) is 0.287. The third-order valence-corrected chi connectivity index (χ3v) is 4.62. The first-order chi connectivity index (χ1) is 13.2. The lowest BCUT2D eigenvalue weighted by molar-refractivity contribution is 0.112. The smallest absolute Gasteiger partial charge is 0.150 e. The Morgan fingerprint density at radius 1 is 1.04 bits per heavy atom. The Morgan fingerprint density at radius 3 is 2.44 bits per heavy atom. The molecule has 0 saturated carbocycles. The number of nitrogens with one attached hydrogen (secondary N) is 1. The van der Waals surface area contributed by atoms with E-state index in [4.69, 9.17) is 14.9 Å². The minimum atomic E-state index is 0.621. The first-order valence-corrected chi connectivity index (χ1v) is 9.61. The molecule has 2 aromatic rings. The second-order valence-electron chi connectivity index (χ2n) is 6.54. The maximum atomic E-state index is 11.5. The van der Waals surface area contributed by atoms with Crippen LogP contribution in [0.3, 0.4) is 0 Å². The van der Waals surface area contributed by atoms with E-state index in [1.165, 1.54) is 0 Å². The van der Waals surface area contributed by atoms with Gasteiger partial charge in [0, 0.05) is 16.8 Å². The Bertz CT molecular complexity index is 738. The Kier molecular flexibility index (Phi) is 8.56. The number of aldehydes is 1. The van der Waals surface area contributed by atoms with Crippen molar-refractivity contribution >= 4 is 12.0 Å². The Hall–Kier alpha value is -2.62. The lowest BCUT2D eigenvalue weighted by Gasteiger charge is -2.14. The number of carbonyl (C=O) groups excluding carboxylic acids is 1. The largest absolute Gasteiger partial charge is 0.497 e. The molecule has 0 aliphatic rings. The summed E-state index contributed by atoms with van der Waals surface area (Å²) < 4.78 is 11.2. The summed E-state index contributed by atoms with van der Waals surface area (Å²) in [6.07, 6.45) is 6.87. The molecule has 2 aromatic carbocycles. The molecule has 1 N–H and O–H groups in total. The summed E-state index contributed by atoms with van der Waals surface area (Å²) in [6.45, 7) is 2.65. The fourth-order valence-corrected chi connectivity index (χ4v) is 2.99. The number of rotatable bonds is 12. The molecule has 0 atom stereocenters. The Balaban J connectivity index is 1.96. The van der Waals surface area contributed by atoms with Crippen LogP contribution in [0.4, 0.5) is 0 Å². The predicted octanol–water partition coefficient (Wildman–Crippen LogP) is 5.93. The molecule has 0 aliphatic heterocycles. The highest BCUT2D eigenvalue weighted by Gasteiger charge is 2.12. The van der Waals surface area contributed by atoms with Crippen LogP contribution in [-0.4, -0.2) is 25.7 Å². The van der Waals surface area contributed by atoms with E-state index in [1.54, 1.807) is 7.11 Å². The third-order valence-electron chi connectivity index (χ3n) is 4.62. The van der Waals surface area contributed by atoms with Crippen LogP contribution >= 0.6 is 0 Å². The SMILES string of the molecule is CCC(=N)CCCCCCOc1cccc(C=O)c1-c1ccc(OC)cc1. The van der Waals surface area contributed by atoms with Gasteiger partial charge in [-0.25, -0.2) is 0 Å². The van der Waals surface area contributed by atoms with E-state index < -0.39 is 0 Å². The molecule has 4 nitrogen and oxygen atoms in total. The fourth-order valence-electron chi connectivity index (χ4n) is 2.99. The number of carbonyl (C=O) groups is 1. The van der Waals surface area contributed by atoms with Gasteiger partial charge in [0.2, 0.25) is 0 Å². The van der Waals surface area contributed by atoms with Crippen molar-refractivity contribution < 1.29 is 14.3 Å². The molecular formula is C23H29NO3. The van der Waals surface area contributed by atoms with Gasteiger partial charge in [-0.2, -0.15) is 0 Å². The minimum Gasteiger partial charge on any atom is -0.497 e. The number of methoxy groups -OCH3 is 1. The van der Waals surface area contributed by atoms with Crippen LogP contribution in [0, 0.1) is 5.41 Å². The van der Waals surface area contributed by atoms with E-state index in [1.807, 2.05) is 49.4 Å². The minimum absolute atomic E-state index is 0.621. The Morgan fingerprint density at radius 2 is 1.78 bits per heavy atom. The second kappa shape index (κ2) is 11.2. The van der Waals surface area contributed by atoms with Crippen LogP contribution in [0.5, 0.6) is 11.5 Å². The molecule has 0 fully saturated rings. The summed E-state index contributed by atoms with van der Waals surface area (Å²) in [5.41, 5.74) is 3.22. The lowest BCUT2D eigenvalue weighted by Crippen LogP contribution is -2.01. The zero-order valence-electron chi connectivity index (χ0n) is 16.3. The van der Waals surface area contributed by atoms with Crippen molar-refractivity contribution in [3.05, 3.63) is 48.0 Å². The molecule has 0 unspecified atom stereocenters. The fraction of sp³-hybridized carbons (Fsp3) is 0.391. The maximum absolute atomic E-state index is 11.5. The van der Waals surface area contributed by atoms with Gasteiger partial charge in [-0.05, 0) is 49.4 Å². The van der Waals surface area contributed by atoms with Crippen molar-refractivity contribution in [1.82, 2.24) is 0 Å². The topological polar surface area (TPSA) is 59.4 Å². The van der Waals surface area contributed by atoms with Crippen molar-refractivity contribution in [2.45, 2.75) is 45.4 Å². The standard InChI is InChI=1S/C23H29NO3/c1-3-20(24)10-6-4-5-7-16-27-22-11-8-9-19(17-25)23(22)18-12-14-21(26-2)15-13-18/h8-9,11-15,17,24H,3-7,10,16H2,1-2H3. The van der Waals surface area contributed by atoms with Crippen LogP contribution in [0.15, 0.2) is 42.5 Å². The molecule has 0 heterocycles. The molecule has 0 aliphatic carbocycles. The summed E-state index contributed by atoms with van der Waals surface area (Å²) in [6, 6.07) is 13.2. The molecule has 0 spiro atoms. The van der Waals surface area contributed by atoms with E-state index in [0.29, 0.717) is 12.2 Å². The molecule has 0 radical (unpaired) electrons. The molecule has 27 heavy (non-hydrogen) atoms. The number of hydrogen-bond donors (Lipinski definition) is 1. The van der Waals surface area contributed by atoms with E-state index >= 15 is 0 Å². The second-order valence-corrected chi connectivity index (χ2v) is 6.54. The van der Waals surface area contributed by atoms with E-state index in [2.05, 4.69) is 0 Å². The summed E-state index contributed by atoms with van der Waals surface area (Å²) in [5, 5.41) is 7.67. The highest BCUT2D eigenvalue weighted by Crippen LogP contribution is 2.34. The Labute approximate surface area is 162 Å². The molecule has 0 aromatic heterocycles. The monoisotopic (exact) mass is 367 g/mol.